The van der Waals surface area contributed by atoms with E-state index >= 15 is 0 Å². The molecule has 2 aromatic rings. The minimum atomic E-state index is -0.139. The van der Waals surface area contributed by atoms with Crippen molar-refractivity contribution in [2.75, 3.05) is 11.9 Å². The number of thiazole rings is 1. The lowest BCUT2D eigenvalue weighted by molar-refractivity contribution is -0.121. The second-order valence-corrected chi connectivity index (χ2v) is 7.28. The molecular formula is C17H21N3OS. The van der Waals surface area contributed by atoms with E-state index in [4.69, 9.17) is 0 Å². The molecule has 0 spiro atoms. The average Bonchev–Trinajstić information content (AvgIpc) is 3.01. The number of carbonyl (C=O) groups is 1. The maximum atomic E-state index is 12.5. The third-order valence-corrected chi connectivity index (χ3v) is 5.04. The van der Waals surface area contributed by atoms with Crippen molar-refractivity contribution in [1.82, 2.24) is 10.3 Å². The van der Waals surface area contributed by atoms with E-state index in [1.807, 2.05) is 29.6 Å². The van der Waals surface area contributed by atoms with E-state index in [-0.39, 0.29) is 17.4 Å². The normalized spacial score (nSPS) is 20.5. The number of rotatable bonds is 3. The zero-order valence-electron chi connectivity index (χ0n) is 12.9. The SMILES string of the molecule is CC1(C)CCCNC1C(=O)Nc1ccc(-c2nccs2)cc1. The van der Waals surface area contributed by atoms with Crippen LogP contribution in [-0.2, 0) is 4.79 Å². The first-order valence-corrected chi connectivity index (χ1v) is 8.48. The fourth-order valence-electron chi connectivity index (χ4n) is 2.94. The third-order valence-electron chi connectivity index (χ3n) is 4.22. The Balaban J connectivity index is 1.69. The highest BCUT2D eigenvalue weighted by molar-refractivity contribution is 7.13. The summed E-state index contributed by atoms with van der Waals surface area (Å²) in [5.74, 6) is 0.0479. The van der Waals surface area contributed by atoms with E-state index in [2.05, 4.69) is 29.5 Å². The van der Waals surface area contributed by atoms with Gasteiger partial charge in [0.05, 0.1) is 6.04 Å². The van der Waals surface area contributed by atoms with Gasteiger partial charge in [0.15, 0.2) is 0 Å². The van der Waals surface area contributed by atoms with Crippen molar-refractivity contribution in [3.8, 4) is 10.6 Å². The Morgan fingerprint density at radius 3 is 2.77 bits per heavy atom. The molecule has 1 aromatic heterocycles. The molecule has 1 amide bonds. The number of amides is 1. The van der Waals surface area contributed by atoms with Gasteiger partial charge in [-0.3, -0.25) is 4.79 Å². The van der Waals surface area contributed by atoms with Gasteiger partial charge in [-0.05, 0) is 49.1 Å². The lowest BCUT2D eigenvalue weighted by Crippen LogP contribution is -2.53. The van der Waals surface area contributed by atoms with Gasteiger partial charge in [-0.25, -0.2) is 4.98 Å². The average molecular weight is 315 g/mol. The number of carbonyl (C=O) groups excluding carboxylic acids is 1. The summed E-state index contributed by atoms with van der Waals surface area (Å²) in [4.78, 5) is 16.8. The van der Waals surface area contributed by atoms with Crippen LogP contribution in [0.5, 0.6) is 0 Å². The van der Waals surface area contributed by atoms with Crippen LogP contribution in [0, 0.1) is 5.41 Å². The summed E-state index contributed by atoms with van der Waals surface area (Å²) in [6.07, 6.45) is 3.99. The molecule has 3 rings (SSSR count). The second-order valence-electron chi connectivity index (χ2n) is 6.38. The first-order valence-electron chi connectivity index (χ1n) is 7.60. The van der Waals surface area contributed by atoms with Gasteiger partial charge in [0.1, 0.15) is 5.01 Å². The van der Waals surface area contributed by atoms with Gasteiger partial charge in [0.25, 0.3) is 0 Å². The number of anilines is 1. The zero-order valence-corrected chi connectivity index (χ0v) is 13.7. The summed E-state index contributed by atoms with van der Waals surface area (Å²) in [5.41, 5.74) is 1.89. The number of nitrogens with one attached hydrogen (secondary N) is 2. The number of hydrogen-bond donors (Lipinski definition) is 2. The highest BCUT2D eigenvalue weighted by Gasteiger charge is 2.36. The van der Waals surface area contributed by atoms with Crippen LogP contribution in [-0.4, -0.2) is 23.5 Å². The van der Waals surface area contributed by atoms with Crippen molar-refractivity contribution in [3.63, 3.8) is 0 Å². The fraction of sp³-hybridized carbons (Fsp3) is 0.412. The lowest BCUT2D eigenvalue weighted by Gasteiger charge is -2.38. The second kappa shape index (κ2) is 6.18. The zero-order chi connectivity index (χ0) is 15.6. The van der Waals surface area contributed by atoms with Crippen LogP contribution in [0.3, 0.4) is 0 Å². The van der Waals surface area contributed by atoms with E-state index in [0.29, 0.717) is 0 Å². The number of hydrogen-bond acceptors (Lipinski definition) is 4. The van der Waals surface area contributed by atoms with Gasteiger partial charge in [-0.1, -0.05) is 13.8 Å². The molecule has 0 saturated carbocycles. The van der Waals surface area contributed by atoms with Crippen molar-refractivity contribution in [2.24, 2.45) is 5.41 Å². The summed E-state index contributed by atoms with van der Waals surface area (Å²) >= 11 is 1.61. The Bertz CT molecular complexity index is 634. The molecular weight excluding hydrogens is 294 g/mol. The Morgan fingerprint density at radius 2 is 2.14 bits per heavy atom. The molecule has 1 saturated heterocycles. The van der Waals surface area contributed by atoms with Crippen LogP contribution < -0.4 is 10.6 Å². The molecule has 1 fully saturated rings. The van der Waals surface area contributed by atoms with E-state index in [0.717, 1.165) is 35.6 Å². The van der Waals surface area contributed by atoms with Crippen LogP contribution in [0.1, 0.15) is 26.7 Å². The topological polar surface area (TPSA) is 54.0 Å². The molecule has 1 aliphatic rings. The first-order chi connectivity index (χ1) is 10.6. The van der Waals surface area contributed by atoms with Crippen LogP contribution in [0.2, 0.25) is 0 Å². The first kappa shape index (κ1) is 15.2. The molecule has 1 aromatic carbocycles. The van der Waals surface area contributed by atoms with Crippen molar-refractivity contribution in [1.29, 1.82) is 0 Å². The molecule has 116 valence electrons. The standard InChI is InChI=1S/C17H21N3OS/c1-17(2)8-3-9-18-14(17)15(21)20-13-6-4-12(5-7-13)16-19-10-11-22-16/h4-7,10-11,14,18H,3,8-9H2,1-2H3,(H,20,21). The van der Waals surface area contributed by atoms with Crippen molar-refractivity contribution < 1.29 is 4.79 Å². The van der Waals surface area contributed by atoms with Gasteiger partial charge in [-0.15, -0.1) is 11.3 Å². The van der Waals surface area contributed by atoms with Crippen LogP contribution in [0.15, 0.2) is 35.8 Å². The number of piperidine rings is 1. The minimum absolute atomic E-state index is 0.0108. The maximum absolute atomic E-state index is 12.5. The van der Waals surface area contributed by atoms with Crippen molar-refractivity contribution in [3.05, 3.63) is 35.8 Å². The molecule has 1 unspecified atom stereocenters. The van der Waals surface area contributed by atoms with Crippen LogP contribution in [0.4, 0.5) is 5.69 Å². The van der Waals surface area contributed by atoms with E-state index in [1.165, 1.54) is 0 Å². The summed E-state index contributed by atoms with van der Waals surface area (Å²) in [5, 5.41) is 9.32. The number of aromatic nitrogens is 1. The number of nitrogens with zero attached hydrogens (tertiary/aromatic N) is 1. The predicted molar refractivity (Wildman–Crippen MR) is 91.0 cm³/mol. The predicted octanol–water partition coefficient (Wildman–Crippen LogP) is 3.53. The third kappa shape index (κ3) is 3.20. The molecule has 5 heteroatoms. The number of benzene rings is 1. The molecule has 2 N–H and O–H groups in total. The Labute approximate surface area is 135 Å². The molecule has 0 aliphatic carbocycles. The maximum Gasteiger partial charge on any atom is 0.242 e. The summed E-state index contributed by atoms with van der Waals surface area (Å²) in [6.45, 7) is 5.20. The van der Waals surface area contributed by atoms with E-state index in [1.54, 1.807) is 17.5 Å². The molecule has 22 heavy (non-hydrogen) atoms. The molecule has 1 aliphatic heterocycles. The van der Waals surface area contributed by atoms with Gasteiger partial charge in [0.2, 0.25) is 5.91 Å². The Kier molecular flexibility index (Phi) is 4.27. The van der Waals surface area contributed by atoms with Gasteiger partial charge in [-0.2, -0.15) is 0 Å². The summed E-state index contributed by atoms with van der Waals surface area (Å²) < 4.78 is 0. The largest absolute Gasteiger partial charge is 0.325 e. The molecule has 0 bridgehead atoms. The van der Waals surface area contributed by atoms with E-state index in [9.17, 15) is 4.79 Å². The summed E-state index contributed by atoms with van der Waals surface area (Å²) in [7, 11) is 0. The van der Waals surface area contributed by atoms with Crippen LogP contribution in [0.25, 0.3) is 10.6 Å². The summed E-state index contributed by atoms with van der Waals surface area (Å²) in [6, 6.07) is 7.72. The highest BCUT2D eigenvalue weighted by atomic mass is 32.1. The monoisotopic (exact) mass is 315 g/mol. The van der Waals surface area contributed by atoms with Crippen molar-refractivity contribution >= 4 is 22.9 Å². The molecule has 0 radical (unpaired) electrons. The Morgan fingerprint density at radius 1 is 1.36 bits per heavy atom. The minimum Gasteiger partial charge on any atom is -0.325 e. The van der Waals surface area contributed by atoms with Gasteiger partial charge < -0.3 is 10.6 Å². The Hall–Kier alpha value is -1.72. The molecule has 1 atom stereocenters. The van der Waals surface area contributed by atoms with Crippen LogP contribution >= 0.6 is 11.3 Å². The smallest absolute Gasteiger partial charge is 0.242 e. The quantitative estimate of drug-likeness (QED) is 0.911. The fourth-order valence-corrected chi connectivity index (χ4v) is 3.58. The van der Waals surface area contributed by atoms with Crippen molar-refractivity contribution in [2.45, 2.75) is 32.7 Å². The molecule has 4 nitrogen and oxygen atoms in total. The molecule has 2 heterocycles. The van der Waals surface area contributed by atoms with Gasteiger partial charge >= 0.3 is 0 Å². The van der Waals surface area contributed by atoms with E-state index < -0.39 is 0 Å². The lowest BCUT2D eigenvalue weighted by atomic mass is 9.77. The highest BCUT2D eigenvalue weighted by Crippen LogP contribution is 2.31. The van der Waals surface area contributed by atoms with Gasteiger partial charge in [0, 0.05) is 22.8 Å².